The Bertz CT molecular complexity index is 957. The molecule has 1 aliphatic rings. The van der Waals surface area contributed by atoms with E-state index in [0.29, 0.717) is 36.3 Å². The van der Waals surface area contributed by atoms with E-state index in [1.54, 1.807) is 24.4 Å². The van der Waals surface area contributed by atoms with E-state index in [-0.39, 0.29) is 11.6 Å². The van der Waals surface area contributed by atoms with Crippen molar-refractivity contribution in [3.63, 3.8) is 0 Å². The zero-order valence-corrected chi connectivity index (χ0v) is 14.4. The van der Waals surface area contributed by atoms with Crippen LogP contribution in [-0.4, -0.2) is 34.1 Å². The van der Waals surface area contributed by atoms with E-state index < -0.39 is 0 Å². The van der Waals surface area contributed by atoms with Crippen LogP contribution in [0.4, 0.5) is 0 Å². The number of nitrogens with one attached hydrogen (secondary N) is 1. The largest absolute Gasteiger partial charge is 0.486 e. The number of amides is 1. The minimum absolute atomic E-state index is 0.224. The van der Waals surface area contributed by atoms with Gasteiger partial charge in [0.25, 0.3) is 5.91 Å². The van der Waals surface area contributed by atoms with Crippen LogP contribution >= 0.6 is 11.6 Å². The monoisotopic (exact) mass is 370 g/mol. The predicted octanol–water partition coefficient (Wildman–Crippen LogP) is 2.62. The number of ether oxygens (including phenoxy) is 2. The molecule has 4 rings (SSSR count). The highest BCUT2D eigenvalue weighted by Crippen LogP contribution is 2.31. The van der Waals surface area contributed by atoms with Crippen molar-refractivity contribution in [2.24, 2.45) is 0 Å². The van der Waals surface area contributed by atoms with Gasteiger partial charge in [0.15, 0.2) is 17.2 Å². The predicted molar refractivity (Wildman–Crippen MR) is 95.0 cm³/mol. The van der Waals surface area contributed by atoms with Crippen LogP contribution in [-0.2, 0) is 6.54 Å². The summed E-state index contributed by atoms with van der Waals surface area (Å²) in [5, 5.41) is 11.4. The summed E-state index contributed by atoms with van der Waals surface area (Å²) in [5.41, 5.74) is 1.86. The van der Waals surface area contributed by atoms with Gasteiger partial charge in [-0.1, -0.05) is 28.9 Å². The molecule has 0 unspecified atom stereocenters. The Balaban J connectivity index is 1.46. The lowest BCUT2D eigenvalue weighted by Crippen LogP contribution is -2.23. The molecule has 132 valence electrons. The van der Waals surface area contributed by atoms with Crippen molar-refractivity contribution >= 4 is 17.5 Å². The number of halogens is 1. The maximum atomic E-state index is 12.3. The van der Waals surface area contributed by atoms with Gasteiger partial charge in [-0.25, -0.2) is 4.68 Å². The summed E-state index contributed by atoms with van der Waals surface area (Å²) in [6.45, 7) is 1.40. The standard InChI is InChI=1S/C18H15ClN4O3/c19-13-3-1-2-12(8-13)10-20-18(24)15-11-23(22-21-15)14-4-5-16-17(9-14)26-7-6-25-16/h1-5,8-9,11H,6-7,10H2,(H,20,24). The maximum absolute atomic E-state index is 12.3. The molecular formula is C18H15ClN4O3. The number of hydrogen-bond donors (Lipinski definition) is 1. The van der Waals surface area contributed by atoms with Gasteiger partial charge in [0.1, 0.15) is 13.2 Å². The summed E-state index contributed by atoms with van der Waals surface area (Å²) in [6.07, 6.45) is 1.57. The molecule has 2 aromatic carbocycles. The zero-order chi connectivity index (χ0) is 17.9. The van der Waals surface area contributed by atoms with Gasteiger partial charge in [0.2, 0.25) is 0 Å². The molecule has 3 aromatic rings. The average Bonchev–Trinajstić information content (AvgIpc) is 3.16. The van der Waals surface area contributed by atoms with E-state index in [2.05, 4.69) is 15.6 Å². The number of rotatable bonds is 4. The molecule has 0 bridgehead atoms. The van der Waals surface area contributed by atoms with Crippen LogP contribution in [0.5, 0.6) is 11.5 Å². The highest BCUT2D eigenvalue weighted by atomic mass is 35.5. The molecule has 0 aliphatic carbocycles. The Labute approximate surface area is 154 Å². The van der Waals surface area contributed by atoms with E-state index in [0.717, 1.165) is 11.3 Å². The van der Waals surface area contributed by atoms with E-state index in [1.165, 1.54) is 4.68 Å². The number of fused-ring (bicyclic) bond motifs is 1. The topological polar surface area (TPSA) is 78.3 Å². The molecule has 0 radical (unpaired) electrons. The highest BCUT2D eigenvalue weighted by Gasteiger charge is 2.15. The van der Waals surface area contributed by atoms with Crippen LogP contribution in [0.1, 0.15) is 16.1 Å². The van der Waals surface area contributed by atoms with Crippen LogP contribution in [0.3, 0.4) is 0 Å². The van der Waals surface area contributed by atoms with Gasteiger partial charge in [0, 0.05) is 17.6 Å². The number of nitrogens with zero attached hydrogens (tertiary/aromatic N) is 3. The van der Waals surface area contributed by atoms with Crippen molar-refractivity contribution in [2.45, 2.75) is 6.54 Å². The second-order valence-electron chi connectivity index (χ2n) is 5.69. The van der Waals surface area contributed by atoms with Crippen LogP contribution in [0.2, 0.25) is 5.02 Å². The van der Waals surface area contributed by atoms with Crippen LogP contribution in [0, 0.1) is 0 Å². The molecule has 1 N–H and O–H groups in total. The van der Waals surface area contributed by atoms with Crippen molar-refractivity contribution in [1.29, 1.82) is 0 Å². The Morgan fingerprint density at radius 1 is 1.15 bits per heavy atom. The summed E-state index contributed by atoms with van der Waals surface area (Å²) in [4.78, 5) is 12.3. The number of carbonyl (C=O) groups is 1. The molecule has 0 saturated carbocycles. The van der Waals surface area contributed by atoms with E-state index >= 15 is 0 Å². The Morgan fingerprint density at radius 2 is 2.00 bits per heavy atom. The third kappa shape index (κ3) is 3.48. The molecule has 0 atom stereocenters. The number of hydrogen-bond acceptors (Lipinski definition) is 5. The van der Waals surface area contributed by atoms with Gasteiger partial charge >= 0.3 is 0 Å². The van der Waals surface area contributed by atoms with Crippen molar-refractivity contribution in [1.82, 2.24) is 20.3 Å². The lowest BCUT2D eigenvalue weighted by molar-refractivity contribution is 0.0946. The highest BCUT2D eigenvalue weighted by molar-refractivity contribution is 6.30. The minimum Gasteiger partial charge on any atom is -0.486 e. The van der Waals surface area contributed by atoms with Gasteiger partial charge in [-0.15, -0.1) is 5.10 Å². The van der Waals surface area contributed by atoms with Crippen LogP contribution < -0.4 is 14.8 Å². The third-order valence-electron chi connectivity index (χ3n) is 3.86. The quantitative estimate of drug-likeness (QED) is 0.763. The molecule has 8 heteroatoms. The number of benzene rings is 2. The van der Waals surface area contributed by atoms with Gasteiger partial charge in [-0.2, -0.15) is 0 Å². The SMILES string of the molecule is O=C(NCc1cccc(Cl)c1)c1cn(-c2ccc3c(c2)OCCO3)nn1. The fourth-order valence-electron chi connectivity index (χ4n) is 2.59. The van der Waals surface area contributed by atoms with Crippen molar-refractivity contribution < 1.29 is 14.3 Å². The average molecular weight is 371 g/mol. The second kappa shape index (κ2) is 7.05. The summed E-state index contributed by atoms with van der Waals surface area (Å²) >= 11 is 5.94. The van der Waals surface area contributed by atoms with Gasteiger partial charge in [-0.3, -0.25) is 4.79 Å². The number of carbonyl (C=O) groups excluding carboxylic acids is 1. The number of aromatic nitrogens is 3. The normalized spacial score (nSPS) is 12.7. The van der Waals surface area contributed by atoms with Gasteiger partial charge in [0.05, 0.1) is 11.9 Å². The van der Waals surface area contributed by atoms with Crippen molar-refractivity contribution in [2.75, 3.05) is 13.2 Å². The lowest BCUT2D eigenvalue weighted by atomic mass is 10.2. The van der Waals surface area contributed by atoms with Crippen LogP contribution in [0.25, 0.3) is 5.69 Å². The summed E-state index contributed by atoms with van der Waals surface area (Å²) < 4.78 is 12.6. The van der Waals surface area contributed by atoms with E-state index in [1.807, 2.05) is 24.3 Å². The molecule has 0 fully saturated rings. The minimum atomic E-state index is -0.311. The molecular weight excluding hydrogens is 356 g/mol. The fraction of sp³-hybridized carbons (Fsp3) is 0.167. The Hall–Kier alpha value is -3.06. The molecule has 2 heterocycles. The smallest absolute Gasteiger partial charge is 0.273 e. The van der Waals surface area contributed by atoms with E-state index in [4.69, 9.17) is 21.1 Å². The second-order valence-corrected chi connectivity index (χ2v) is 6.13. The zero-order valence-electron chi connectivity index (χ0n) is 13.7. The molecule has 7 nitrogen and oxygen atoms in total. The molecule has 1 aliphatic heterocycles. The Kier molecular flexibility index (Phi) is 4.45. The first-order valence-electron chi connectivity index (χ1n) is 8.04. The first kappa shape index (κ1) is 16.4. The Morgan fingerprint density at radius 3 is 2.85 bits per heavy atom. The molecule has 0 spiro atoms. The molecule has 0 saturated heterocycles. The third-order valence-corrected chi connectivity index (χ3v) is 4.09. The summed E-state index contributed by atoms with van der Waals surface area (Å²) in [7, 11) is 0. The molecule has 26 heavy (non-hydrogen) atoms. The summed E-state index contributed by atoms with van der Waals surface area (Å²) in [6, 6.07) is 12.7. The molecule has 1 aromatic heterocycles. The van der Waals surface area contributed by atoms with Gasteiger partial charge < -0.3 is 14.8 Å². The van der Waals surface area contributed by atoms with E-state index in [9.17, 15) is 4.79 Å². The van der Waals surface area contributed by atoms with Gasteiger partial charge in [-0.05, 0) is 29.8 Å². The van der Waals surface area contributed by atoms with Crippen LogP contribution in [0.15, 0.2) is 48.7 Å². The lowest BCUT2D eigenvalue weighted by Gasteiger charge is -2.18. The first-order chi connectivity index (χ1) is 12.7. The maximum Gasteiger partial charge on any atom is 0.273 e. The van der Waals surface area contributed by atoms with Crippen molar-refractivity contribution in [3.05, 3.63) is 64.9 Å². The fourth-order valence-corrected chi connectivity index (χ4v) is 2.80. The summed E-state index contributed by atoms with van der Waals surface area (Å²) in [5.74, 6) is 1.03. The first-order valence-corrected chi connectivity index (χ1v) is 8.42. The molecule has 1 amide bonds. The van der Waals surface area contributed by atoms with Crippen molar-refractivity contribution in [3.8, 4) is 17.2 Å².